The van der Waals surface area contributed by atoms with Crippen molar-refractivity contribution in [1.82, 2.24) is 15.0 Å². The summed E-state index contributed by atoms with van der Waals surface area (Å²) in [6, 6.07) is 13.3. The molecule has 4 rings (SSSR count). The molecule has 0 saturated heterocycles. The fraction of sp³-hybridized carbons (Fsp3) is 0.222. The molecule has 1 aromatic heterocycles. The smallest absolute Gasteiger partial charge is 0.241 e. The van der Waals surface area contributed by atoms with Crippen LogP contribution in [-0.4, -0.2) is 31.9 Å². The first kappa shape index (κ1) is 16.7. The Bertz CT molecular complexity index is 1040. The largest absolute Gasteiger partial charge is 0.441 e. The molecule has 0 unspecified atom stereocenters. The maximum Gasteiger partial charge on any atom is 0.241 e. The van der Waals surface area contributed by atoms with Gasteiger partial charge < -0.3 is 9.73 Å². The van der Waals surface area contributed by atoms with Crippen molar-refractivity contribution in [2.75, 3.05) is 6.54 Å². The van der Waals surface area contributed by atoms with Gasteiger partial charge in [-0.1, -0.05) is 30.3 Å². The van der Waals surface area contributed by atoms with Gasteiger partial charge in [-0.25, -0.2) is 13.4 Å². The number of nitrogens with one attached hydrogen (secondary N) is 2. The molecule has 134 valence electrons. The number of rotatable bonds is 4. The zero-order chi connectivity index (χ0) is 18.1. The number of nitrogens with zero attached hydrogens (tertiary/aromatic N) is 1. The van der Waals surface area contributed by atoms with Crippen LogP contribution in [0.5, 0.6) is 0 Å². The predicted molar refractivity (Wildman–Crippen MR) is 95.0 cm³/mol. The Kier molecular flexibility index (Phi) is 4.21. The van der Waals surface area contributed by atoms with Gasteiger partial charge in [0.2, 0.25) is 15.9 Å². The number of oxazole rings is 1. The van der Waals surface area contributed by atoms with Gasteiger partial charge in [0.1, 0.15) is 11.6 Å². The number of para-hydroxylation sites is 2. The molecule has 0 aliphatic carbocycles. The first-order valence-electron chi connectivity index (χ1n) is 8.25. The number of aromatic nitrogens is 1. The van der Waals surface area contributed by atoms with Crippen LogP contribution in [-0.2, 0) is 27.7 Å². The molecule has 1 amide bonds. The molecule has 0 saturated carbocycles. The third kappa shape index (κ3) is 3.21. The van der Waals surface area contributed by atoms with Gasteiger partial charge in [0, 0.05) is 13.0 Å². The minimum absolute atomic E-state index is 0.232. The van der Waals surface area contributed by atoms with Crippen molar-refractivity contribution < 1.29 is 17.6 Å². The lowest BCUT2D eigenvalue weighted by atomic mass is 10.1. The van der Waals surface area contributed by atoms with Crippen LogP contribution in [0.3, 0.4) is 0 Å². The highest BCUT2D eigenvalue weighted by molar-refractivity contribution is 7.89. The SMILES string of the molecule is O=C(NCCc1nc2ccccc2o1)[C@H]1Cc2ccccc2S(=O)(=O)N1. The fourth-order valence-electron chi connectivity index (χ4n) is 3.04. The van der Waals surface area contributed by atoms with E-state index in [1.54, 1.807) is 24.3 Å². The van der Waals surface area contributed by atoms with Gasteiger partial charge >= 0.3 is 0 Å². The second-order valence-corrected chi connectivity index (χ2v) is 7.78. The Balaban J connectivity index is 1.39. The average Bonchev–Trinajstić information content (AvgIpc) is 3.04. The van der Waals surface area contributed by atoms with E-state index in [9.17, 15) is 13.2 Å². The number of carbonyl (C=O) groups is 1. The molecule has 0 fully saturated rings. The molecule has 8 heteroatoms. The van der Waals surface area contributed by atoms with E-state index in [0.29, 0.717) is 36.4 Å². The number of carbonyl (C=O) groups excluding carboxylic acids is 1. The molecule has 3 aromatic rings. The van der Waals surface area contributed by atoms with E-state index < -0.39 is 16.1 Å². The van der Waals surface area contributed by atoms with Crippen LogP contribution in [0.25, 0.3) is 11.1 Å². The van der Waals surface area contributed by atoms with Gasteiger partial charge in [-0.2, -0.15) is 4.72 Å². The molecule has 1 atom stereocenters. The third-order valence-corrected chi connectivity index (χ3v) is 5.85. The summed E-state index contributed by atoms with van der Waals surface area (Å²) in [6.07, 6.45) is 0.751. The Morgan fingerprint density at radius 1 is 1.19 bits per heavy atom. The zero-order valence-corrected chi connectivity index (χ0v) is 14.6. The van der Waals surface area contributed by atoms with Crippen LogP contribution in [0.1, 0.15) is 11.5 Å². The Hall–Kier alpha value is -2.71. The van der Waals surface area contributed by atoms with Crippen molar-refractivity contribution >= 4 is 27.0 Å². The van der Waals surface area contributed by atoms with E-state index in [-0.39, 0.29) is 10.8 Å². The third-order valence-electron chi connectivity index (χ3n) is 4.28. The van der Waals surface area contributed by atoms with E-state index in [1.807, 2.05) is 24.3 Å². The highest BCUT2D eigenvalue weighted by Gasteiger charge is 2.33. The summed E-state index contributed by atoms with van der Waals surface area (Å²) in [6.45, 7) is 0.311. The second kappa shape index (κ2) is 6.54. The number of sulfonamides is 1. The monoisotopic (exact) mass is 371 g/mol. The summed E-state index contributed by atoms with van der Waals surface area (Å²) in [5.74, 6) is 0.167. The first-order valence-corrected chi connectivity index (χ1v) is 9.74. The van der Waals surface area contributed by atoms with Crippen molar-refractivity contribution in [1.29, 1.82) is 0 Å². The van der Waals surface area contributed by atoms with Crippen molar-refractivity contribution in [3.8, 4) is 0 Å². The number of fused-ring (bicyclic) bond motifs is 2. The molecule has 0 bridgehead atoms. The maximum atomic E-state index is 12.4. The minimum atomic E-state index is -3.67. The lowest BCUT2D eigenvalue weighted by molar-refractivity contribution is -0.122. The maximum absolute atomic E-state index is 12.4. The van der Waals surface area contributed by atoms with E-state index >= 15 is 0 Å². The van der Waals surface area contributed by atoms with Gasteiger partial charge in [0.05, 0.1) is 4.90 Å². The Morgan fingerprint density at radius 2 is 1.96 bits per heavy atom. The summed E-state index contributed by atoms with van der Waals surface area (Å²) >= 11 is 0. The molecule has 1 aliphatic rings. The van der Waals surface area contributed by atoms with E-state index in [2.05, 4.69) is 15.0 Å². The van der Waals surface area contributed by atoms with Gasteiger partial charge in [0.15, 0.2) is 11.5 Å². The van der Waals surface area contributed by atoms with Gasteiger partial charge in [0.25, 0.3) is 0 Å². The van der Waals surface area contributed by atoms with E-state index in [0.717, 1.165) is 5.52 Å². The van der Waals surface area contributed by atoms with Crippen molar-refractivity contribution in [3.63, 3.8) is 0 Å². The topological polar surface area (TPSA) is 101 Å². The van der Waals surface area contributed by atoms with Crippen LogP contribution in [0.15, 0.2) is 57.8 Å². The Morgan fingerprint density at radius 3 is 2.81 bits per heavy atom. The van der Waals surface area contributed by atoms with Crippen LogP contribution in [0.2, 0.25) is 0 Å². The van der Waals surface area contributed by atoms with Crippen molar-refractivity contribution in [3.05, 3.63) is 60.0 Å². The quantitative estimate of drug-likeness (QED) is 0.722. The molecule has 26 heavy (non-hydrogen) atoms. The zero-order valence-electron chi connectivity index (χ0n) is 13.8. The number of hydrogen-bond donors (Lipinski definition) is 2. The molecule has 0 spiro atoms. The molecular formula is C18H17N3O4S. The summed E-state index contributed by atoms with van der Waals surface area (Å²) in [4.78, 5) is 16.9. The van der Waals surface area contributed by atoms with Gasteiger partial charge in [-0.15, -0.1) is 0 Å². The standard InChI is InChI=1S/C18H17N3O4S/c22-18(14-11-12-5-1-4-8-16(12)26(23,24)21-14)19-10-9-17-20-13-6-2-3-7-15(13)25-17/h1-8,14,21H,9-11H2,(H,19,22)/t14-/m1/s1. The van der Waals surface area contributed by atoms with E-state index in [4.69, 9.17) is 4.42 Å². The lowest BCUT2D eigenvalue weighted by Crippen LogP contribution is -2.50. The van der Waals surface area contributed by atoms with E-state index in [1.165, 1.54) is 0 Å². The molecule has 7 nitrogen and oxygen atoms in total. The highest BCUT2D eigenvalue weighted by Crippen LogP contribution is 2.22. The predicted octanol–water partition coefficient (Wildman–Crippen LogP) is 1.39. The molecule has 2 aromatic carbocycles. The molecule has 2 N–H and O–H groups in total. The fourth-order valence-corrected chi connectivity index (χ4v) is 4.48. The summed E-state index contributed by atoms with van der Waals surface area (Å²) in [5.41, 5.74) is 2.11. The lowest BCUT2D eigenvalue weighted by Gasteiger charge is -2.24. The van der Waals surface area contributed by atoms with Crippen LogP contribution < -0.4 is 10.0 Å². The molecule has 2 heterocycles. The minimum Gasteiger partial charge on any atom is -0.441 e. The van der Waals surface area contributed by atoms with Crippen LogP contribution in [0, 0.1) is 0 Å². The summed E-state index contributed by atoms with van der Waals surface area (Å²) < 4.78 is 32.6. The molecule has 0 radical (unpaired) electrons. The highest BCUT2D eigenvalue weighted by atomic mass is 32.2. The Labute approximate surface area is 150 Å². The van der Waals surface area contributed by atoms with Gasteiger partial charge in [-0.05, 0) is 30.2 Å². The number of amides is 1. The van der Waals surface area contributed by atoms with Crippen molar-refractivity contribution in [2.24, 2.45) is 0 Å². The average molecular weight is 371 g/mol. The van der Waals surface area contributed by atoms with Crippen LogP contribution >= 0.6 is 0 Å². The molecule has 1 aliphatic heterocycles. The van der Waals surface area contributed by atoms with Gasteiger partial charge in [-0.3, -0.25) is 4.79 Å². The summed E-state index contributed by atoms with van der Waals surface area (Å²) in [7, 11) is -3.67. The first-order chi connectivity index (χ1) is 12.5. The molecular weight excluding hydrogens is 354 g/mol. The van der Waals surface area contributed by atoms with Crippen LogP contribution in [0.4, 0.5) is 0 Å². The summed E-state index contributed by atoms with van der Waals surface area (Å²) in [5, 5.41) is 2.75. The number of hydrogen-bond acceptors (Lipinski definition) is 5. The van der Waals surface area contributed by atoms with Crippen molar-refractivity contribution in [2.45, 2.75) is 23.8 Å². The second-order valence-electron chi connectivity index (χ2n) is 6.10. The normalized spacial score (nSPS) is 18.4. The number of benzene rings is 2.